The Morgan fingerprint density at radius 3 is 2.38 bits per heavy atom. The van der Waals surface area contributed by atoms with Crippen molar-refractivity contribution in [1.29, 1.82) is 0 Å². The summed E-state index contributed by atoms with van der Waals surface area (Å²) in [5.74, 6) is 0.586. The first-order valence-corrected chi connectivity index (χ1v) is 11.1. The Bertz CT molecular complexity index is 1200. The van der Waals surface area contributed by atoms with Crippen molar-refractivity contribution in [3.05, 3.63) is 81.3 Å². The minimum absolute atomic E-state index is 0.219. The largest absolute Gasteiger partial charge is 0.493 e. The molecule has 3 rings (SSSR count). The highest BCUT2D eigenvalue weighted by atomic mass is 79.9. The first-order chi connectivity index (χ1) is 16.4. The molecule has 0 aliphatic heterocycles. The normalized spacial score (nSPS) is 10.6. The number of hydrogen-bond acceptors (Lipinski definition) is 6. The molecule has 8 nitrogen and oxygen atoms in total. The van der Waals surface area contributed by atoms with E-state index in [4.69, 9.17) is 25.8 Å². The number of carbonyl (C=O) groups excluding carboxylic acids is 2. The van der Waals surface area contributed by atoms with Crippen LogP contribution < -0.4 is 25.0 Å². The number of rotatable bonds is 9. The highest BCUT2D eigenvalue weighted by Crippen LogP contribution is 2.27. The van der Waals surface area contributed by atoms with E-state index >= 15 is 0 Å². The number of anilines is 1. The summed E-state index contributed by atoms with van der Waals surface area (Å²) in [4.78, 5) is 24.7. The molecule has 0 aliphatic carbocycles. The van der Waals surface area contributed by atoms with Crippen molar-refractivity contribution in [1.82, 2.24) is 5.43 Å². The van der Waals surface area contributed by atoms with Crippen LogP contribution in [0.5, 0.6) is 17.2 Å². The molecule has 3 aromatic rings. The third-order valence-electron chi connectivity index (χ3n) is 4.47. The molecule has 0 fully saturated rings. The van der Waals surface area contributed by atoms with Crippen LogP contribution in [-0.2, 0) is 4.79 Å². The third kappa shape index (κ3) is 6.97. The standard InChI is InChI=1S/C24H21BrClN3O5/c1-32-21-9-3-15(12-22(21)33-2)24(31)29-27-13-16-11-17(25)4-10-20(16)34-14-23(30)28-19-7-5-18(26)6-8-19/h3-13H,14H2,1-2H3,(H,28,30)(H,29,31)/b27-13+. The maximum absolute atomic E-state index is 12.4. The van der Waals surface area contributed by atoms with Crippen molar-refractivity contribution in [2.45, 2.75) is 0 Å². The molecule has 0 saturated heterocycles. The molecule has 0 radical (unpaired) electrons. The number of carbonyl (C=O) groups is 2. The van der Waals surface area contributed by atoms with Gasteiger partial charge in [0, 0.05) is 26.3 Å². The van der Waals surface area contributed by atoms with E-state index < -0.39 is 5.91 Å². The van der Waals surface area contributed by atoms with Crippen molar-refractivity contribution in [3.8, 4) is 17.2 Å². The minimum atomic E-state index is -0.433. The molecule has 0 unspecified atom stereocenters. The highest BCUT2D eigenvalue weighted by Gasteiger charge is 2.11. The quantitative estimate of drug-likeness (QED) is 0.294. The Balaban J connectivity index is 1.63. The van der Waals surface area contributed by atoms with Gasteiger partial charge in [0.25, 0.3) is 11.8 Å². The Hall–Kier alpha value is -3.56. The number of hydrazone groups is 1. The second kappa shape index (κ2) is 12.1. The monoisotopic (exact) mass is 545 g/mol. The van der Waals surface area contributed by atoms with Crippen LogP contribution in [0.1, 0.15) is 15.9 Å². The molecule has 0 aliphatic rings. The van der Waals surface area contributed by atoms with Crippen LogP contribution >= 0.6 is 27.5 Å². The van der Waals surface area contributed by atoms with E-state index in [1.54, 1.807) is 60.7 Å². The van der Waals surface area contributed by atoms with Gasteiger partial charge < -0.3 is 19.5 Å². The first kappa shape index (κ1) is 25.1. The zero-order valence-electron chi connectivity index (χ0n) is 18.3. The summed E-state index contributed by atoms with van der Waals surface area (Å²) >= 11 is 9.24. The predicted octanol–water partition coefficient (Wildman–Crippen LogP) is 4.90. The average Bonchev–Trinajstić information content (AvgIpc) is 2.84. The number of methoxy groups -OCH3 is 2. The number of halogens is 2. The smallest absolute Gasteiger partial charge is 0.271 e. The molecular formula is C24H21BrClN3O5. The number of amides is 2. The maximum atomic E-state index is 12.4. The van der Waals surface area contributed by atoms with E-state index in [9.17, 15) is 9.59 Å². The average molecular weight is 547 g/mol. The minimum Gasteiger partial charge on any atom is -0.493 e. The lowest BCUT2D eigenvalue weighted by Crippen LogP contribution is -2.20. The van der Waals surface area contributed by atoms with Crippen LogP contribution in [0, 0.1) is 0 Å². The molecular weight excluding hydrogens is 526 g/mol. The van der Waals surface area contributed by atoms with Gasteiger partial charge in [0.15, 0.2) is 18.1 Å². The lowest BCUT2D eigenvalue weighted by atomic mass is 10.2. The Labute approximate surface area is 210 Å². The van der Waals surface area contributed by atoms with Crippen LogP contribution in [0.25, 0.3) is 0 Å². The van der Waals surface area contributed by atoms with E-state index in [1.165, 1.54) is 20.4 Å². The van der Waals surface area contributed by atoms with Crippen LogP contribution in [0.3, 0.4) is 0 Å². The second-order valence-electron chi connectivity index (χ2n) is 6.79. The molecule has 0 spiro atoms. The summed E-state index contributed by atoms with van der Waals surface area (Å²) < 4.78 is 16.8. The van der Waals surface area contributed by atoms with E-state index in [-0.39, 0.29) is 12.5 Å². The molecule has 0 aromatic heterocycles. The van der Waals surface area contributed by atoms with Gasteiger partial charge in [-0.2, -0.15) is 5.10 Å². The van der Waals surface area contributed by atoms with Gasteiger partial charge in [-0.05, 0) is 60.7 Å². The van der Waals surface area contributed by atoms with Gasteiger partial charge in [-0.25, -0.2) is 5.43 Å². The predicted molar refractivity (Wildman–Crippen MR) is 134 cm³/mol. The van der Waals surface area contributed by atoms with Gasteiger partial charge in [0.2, 0.25) is 0 Å². The number of nitrogens with one attached hydrogen (secondary N) is 2. The van der Waals surface area contributed by atoms with Gasteiger partial charge in [0.05, 0.1) is 20.4 Å². The van der Waals surface area contributed by atoms with Gasteiger partial charge in [-0.15, -0.1) is 0 Å². The van der Waals surface area contributed by atoms with Gasteiger partial charge in [-0.1, -0.05) is 27.5 Å². The number of ether oxygens (including phenoxy) is 3. The van der Waals surface area contributed by atoms with Gasteiger partial charge in [0.1, 0.15) is 5.75 Å². The second-order valence-corrected chi connectivity index (χ2v) is 8.15. The summed E-state index contributed by atoms with van der Waals surface area (Å²) in [7, 11) is 3.00. The summed E-state index contributed by atoms with van der Waals surface area (Å²) in [6.45, 7) is -0.219. The Morgan fingerprint density at radius 1 is 0.971 bits per heavy atom. The summed E-state index contributed by atoms with van der Waals surface area (Å²) in [6.07, 6.45) is 1.43. The van der Waals surface area contributed by atoms with E-state index in [0.29, 0.717) is 39.1 Å². The van der Waals surface area contributed by atoms with Crippen molar-refractivity contribution < 1.29 is 23.8 Å². The molecule has 3 aromatic carbocycles. The number of benzene rings is 3. The van der Waals surface area contributed by atoms with Crippen LogP contribution in [0.2, 0.25) is 5.02 Å². The van der Waals surface area contributed by atoms with E-state index in [1.807, 2.05) is 0 Å². The Morgan fingerprint density at radius 2 is 1.68 bits per heavy atom. The van der Waals surface area contributed by atoms with Gasteiger partial charge in [-0.3, -0.25) is 9.59 Å². The topological polar surface area (TPSA) is 98.3 Å². The lowest BCUT2D eigenvalue weighted by Gasteiger charge is -2.10. The maximum Gasteiger partial charge on any atom is 0.271 e. The molecule has 176 valence electrons. The molecule has 34 heavy (non-hydrogen) atoms. The summed E-state index contributed by atoms with van der Waals surface area (Å²) in [5, 5.41) is 7.31. The third-order valence-corrected chi connectivity index (χ3v) is 5.22. The zero-order chi connectivity index (χ0) is 24.5. The molecule has 0 bridgehead atoms. The SMILES string of the molecule is COc1ccc(C(=O)N/N=C/c2cc(Br)ccc2OCC(=O)Nc2ccc(Cl)cc2)cc1OC. The fourth-order valence-corrected chi connectivity index (χ4v) is 3.33. The van der Waals surface area contributed by atoms with Gasteiger partial charge >= 0.3 is 0 Å². The number of nitrogens with zero attached hydrogens (tertiary/aromatic N) is 1. The molecule has 0 atom stereocenters. The highest BCUT2D eigenvalue weighted by molar-refractivity contribution is 9.10. The molecule has 0 saturated carbocycles. The molecule has 10 heteroatoms. The van der Waals surface area contributed by atoms with Crippen molar-refractivity contribution in [3.63, 3.8) is 0 Å². The number of hydrogen-bond donors (Lipinski definition) is 2. The van der Waals surface area contributed by atoms with Crippen molar-refractivity contribution >= 4 is 51.2 Å². The summed E-state index contributed by atoms with van der Waals surface area (Å²) in [5.41, 5.74) is 3.97. The fourth-order valence-electron chi connectivity index (χ4n) is 2.83. The van der Waals surface area contributed by atoms with Crippen LogP contribution in [0.4, 0.5) is 5.69 Å². The van der Waals surface area contributed by atoms with E-state index in [2.05, 4.69) is 31.8 Å². The van der Waals surface area contributed by atoms with Crippen molar-refractivity contribution in [2.24, 2.45) is 5.10 Å². The Kier molecular flexibility index (Phi) is 8.89. The van der Waals surface area contributed by atoms with Crippen molar-refractivity contribution in [2.75, 3.05) is 26.1 Å². The zero-order valence-corrected chi connectivity index (χ0v) is 20.6. The fraction of sp³-hybridized carbons (Fsp3) is 0.125. The molecule has 2 amide bonds. The lowest BCUT2D eigenvalue weighted by molar-refractivity contribution is -0.118. The molecule has 0 heterocycles. The van der Waals surface area contributed by atoms with Crippen LogP contribution in [-0.4, -0.2) is 38.9 Å². The van der Waals surface area contributed by atoms with E-state index in [0.717, 1.165) is 4.47 Å². The van der Waals surface area contributed by atoms with Crippen LogP contribution in [0.15, 0.2) is 70.2 Å². The molecule has 2 N–H and O–H groups in total. The summed E-state index contributed by atoms with van der Waals surface area (Å²) in [6, 6.07) is 16.7. The first-order valence-electron chi connectivity index (χ1n) is 9.93.